The summed E-state index contributed by atoms with van der Waals surface area (Å²) in [5.74, 6) is 0. The smallest absolute Gasteiger partial charge is 0.0649 e. The van der Waals surface area contributed by atoms with Crippen LogP contribution in [0, 0.1) is 13.8 Å². The van der Waals surface area contributed by atoms with Gasteiger partial charge >= 0.3 is 0 Å². The fourth-order valence-corrected chi connectivity index (χ4v) is 2.49. The number of aryl methyl sites for hydroxylation is 3. The second kappa shape index (κ2) is 4.48. The van der Waals surface area contributed by atoms with E-state index in [9.17, 15) is 0 Å². The standard InChI is InChI=1S/C13H17ClN2/c1-8-6-11-10(4-3-5-15)9(2)16-13(11)12(14)7-8/h6-7,16H,3-5,15H2,1-2H3. The highest BCUT2D eigenvalue weighted by Crippen LogP contribution is 2.30. The van der Waals surface area contributed by atoms with Crippen LogP contribution in [0.25, 0.3) is 10.9 Å². The number of halogens is 1. The summed E-state index contributed by atoms with van der Waals surface area (Å²) >= 11 is 6.23. The monoisotopic (exact) mass is 236 g/mol. The van der Waals surface area contributed by atoms with E-state index in [-0.39, 0.29) is 0 Å². The van der Waals surface area contributed by atoms with Gasteiger partial charge in [-0.3, -0.25) is 0 Å². The van der Waals surface area contributed by atoms with Crippen molar-refractivity contribution in [1.82, 2.24) is 4.98 Å². The van der Waals surface area contributed by atoms with Gasteiger partial charge in [0.15, 0.2) is 0 Å². The molecule has 0 saturated heterocycles. The molecule has 1 aromatic heterocycles. The minimum absolute atomic E-state index is 0.728. The van der Waals surface area contributed by atoms with Crippen molar-refractivity contribution >= 4 is 22.5 Å². The highest BCUT2D eigenvalue weighted by molar-refractivity contribution is 6.35. The molecule has 0 aliphatic heterocycles. The lowest BCUT2D eigenvalue weighted by molar-refractivity contribution is 0.831. The van der Waals surface area contributed by atoms with Crippen LogP contribution in [0.4, 0.5) is 0 Å². The third-order valence-corrected chi connectivity index (χ3v) is 3.25. The van der Waals surface area contributed by atoms with Crippen molar-refractivity contribution in [3.05, 3.63) is 34.0 Å². The third-order valence-electron chi connectivity index (χ3n) is 2.96. The molecular weight excluding hydrogens is 220 g/mol. The summed E-state index contributed by atoms with van der Waals surface area (Å²) in [5, 5.41) is 2.05. The summed E-state index contributed by atoms with van der Waals surface area (Å²) in [6.45, 7) is 4.89. The zero-order valence-electron chi connectivity index (χ0n) is 9.73. The number of aromatic nitrogens is 1. The van der Waals surface area contributed by atoms with Crippen LogP contribution in [0.5, 0.6) is 0 Å². The van der Waals surface area contributed by atoms with Gasteiger partial charge in [-0.25, -0.2) is 0 Å². The van der Waals surface area contributed by atoms with Crippen LogP contribution in [0.2, 0.25) is 5.02 Å². The Morgan fingerprint density at radius 2 is 2.06 bits per heavy atom. The molecule has 0 spiro atoms. The average Bonchev–Trinajstić information content (AvgIpc) is 2.53. The predicted molar refractivity (Wildman–Crippen MR) is 70.2 cm³/mol. The third kappa shape index (κ3) is 1.95. The Morgan fingerprint density at radius 1 is 1.31 bits per heavy atom. The van der Waals surface area contributed by atoms with Crippen molar-refractivity contribution in [2.45, 2.75) is 26.7 Å². The molecule has 0 aliphatic rings. The van der Waals surface area contributed by atoms with E-state index in [1.807, 2.05) is 6.07 Å². The van der Waals surface area contributed by atoms with E-state index >= 15 is 0 Å². The Hall–Kier alpha value is -0.990. The van der Waals surface area contributed by atoms with Crippen molar-refractivity contribution < 1.29 is 0 Å². The molecule has 16 heavy (non-hydrogen) atoms. The molecule has 1 aromatic carbocycles. The molecule has 2 rings (SSSR count). The van der Waals surface area contributed by atoms with Crippen LogP contribution in [-0.4, -0.2) is 11.5 Å². The topological polar surface area (TPSA) is 41.8 Å². The van der Waals surface area contributed by atoms with Crippen molar-refractivity contribution in [2.75, 3.05) is 6.54 Å². The summed E-state index contributed by atoms with van der Waals surface area (Å²) in [5.41, 5.74) is 10.4. The van der Waals surface area contributed by atoms with Crippen LogP contribution in [-0.2, 0) is 6.42 Å². The van der Waals surface area contributed by atoms with Crippen LogP contribution < -0.4 is 5.73 Å². The van der Waals surface area contributed by atoms with Gasteiger partial charge in [0.05, 0.1) is 10.5 Å². The first kappa shape index (κ1) is 11.5. The molecule has 0 saturated carbocycles. The first-order valence-corrected chi connectivity index (χ1v) is 5.98. The number of fused-ring (bicyclic) bond motifs is 1. The molecule has 3 heteroatoms. The first-order valence-electron chi connectivity index (χ1n) is 5.61. The molecule has 0 radical (unpaired) electrons. The minimum atomic E-state index is 0.728. The zero-order chi connectivity index (χ0) is 11.7. The number of hydrogen-bond donors (Lipinski definition) is 2. The van der Waals surface area contributed by atoms with E-state index < -0.39 is 0 Å². The van der Waals surface area contributed by atoms with Gasteiger partial charge in [-0.15, -0.1) is 0 Å². The van der Waals surface area contributed by atoms with Gasteiger partial charge in [0.25, 0.3) is 0 Å². The van der Waals surface area contributed by atoms with E-state index in [4.69, 9.17) is 17.3 Å². The maximum atomic E-state index is 6.23. The van der Waals surface area contributed by atoms with E-state index in [1.165, 1.54) is 22.2 Å². The molecule has 2 aromatic rings. The number of benzene rings is 1. The second-order valence-electron chi connectivity index (χ2n) is 4.29. The van der Waals surface area contributed by atoms with Gasteiger partial charge in [0, 0.05) is 11.1 Å². The Labute approximate surface area is 101 Å². The SMILES string of the molecule is Cc1cc(Cl)c2[nH]c(C)c(CCCN)c2c1. The lowest BCUT2D eigenvalue weighted by Crippen LogP contribution is -2.00. The highest BCUT2D eigenvalue weighted by atomic mass is 35.5. The zero-order valence-corrected chi connectivity index (χ0v) is 10.5. The number of nitrogens with two attached hydrogens (primary N) is 1. The summed E-state index contributed by atoms with van der Waals surface area (Å²) in [4.78, 5) is 3.36. The number of H-pyrrole nitrogens is 1. The van der Waals surface area contributed by atoms with Gasteiger partial charge in [-0.1, -0.05) is 11.6 Å². The number of hydrogen-bond acceptors (Lipinski definition) is 1. The Balaban J connectivity index is 2.59. The van der Waals surface area contributed by atoms with E-state index in [0.29, 0.717) is 0 Å². The maximum absolute atomic E-state index is 6.23. The summed E-state index contributed by atoms with van der Waals surface area (Å²) in [6, 6.07) is 4.18. The van der Waals surface area contributed by atoms with Crippen LogP contribution in [0.15, 0.2) is 12.1 Å². The predicted octanol–water partition coefficient (Wildman–Crippen LogP) is 3.33. The van der Waals surface area contributed by atoms with Crippen molar-refractivity contribution in [2.24, 2.45) is 5.73 Å². The number of aromatic amines is 1. The van der Waals surface area contributed by atoms with Crippen LogP contribution >= 0.6 is 11.6 Å². The lowest BCUT2D eigenvalue weighted by atomic mass is 10.0. The fraction of sp³-hybridized carbons (Fsp3) is 0.385. The first-order chi connectivity index (χ1) is 7.63. The summed E-state index contributed by atoms with van der Waals surface area (Å²) in [7, 11) is 0. The Bertz CT molecular complexity index is 514. The van der Waals surface area contributed by atoms with E-state index in [0.717, 1.165) is 29.9 Å². The number of rotatable bonds is 3. The van der Waals surface area contributed by atoms with Gasteiger partial charge in [-0.2, -0.15) is 0 Å². The van der Waals surface area contributed by atoms with Crippen molar-refractivity contribution in [3.8, 4) is 0 Å². The van der Waals surface area contributed by atoms with Gasteiger partial charge < -0.3 is 10.7 Å². The molecule has 0 atom stereocenters. The number of nitrogens with one attached hydrogen (secondary N) is 1. The normalized spacial score (nSPS) is 11.2. The van der Waals surface area contributed by atoms with E-state index in [2.05, 4.69) is 24.9 Å². The maximum Gasteiger partial charge on any atom is 0.0649 e. The fourth-order valence-electron chi connectivity index (χ4n) is 2.17. The Kier molecular flexibility index (Phi) is 3.22. The van der Waals surface area contributed by atoms with Gasteiger partial charge in [0.1, 0.15) is 0 Å². The van der Waals surface area contributed by atoms with Crippen molar-refractivity contribution in [3.63, 3.8) is 0 Å². The van der Waals surface area contributed by atoms with Crippen LogP contribution in [0.3, 0.4) is 0 Å². The lowest BCUT2D eigenvalue weighted by Gasteiger charge is -2.01. The summed E-state index contributed by atoms with van der Waals surface area (Å²) in [6.07, 6.45) is 2.03. The molecule has 2 nitrogen and oxygen atoms in total. The molecule has 0 amide bonds. The molecule has 0 unspecified atom stereocenters. The average molecular weight is 237 g/mol. The van der Waals surface area contributed by atoms with Crippen LogP contribution in [0.1, 0.15) is 23.2 Å². The molecule has 0 fully saturated rings. The molecule has 0 aliphatic carbocycles. The Morgan fingerprint density at radius 3 is 2.75 bits per heavy atom. The van der Waals surface area contributed by atoms with Gasteiger partial charge in [-0.05, 0) is 56.5 Å². The molecule has 1 heterocycles. The van der Waals surface area contributed by atoms with E-state index in [1.54, 1.807) is 0 Å². The van der Waals surface area contributed by atoms with Gasteiger partial charge in [0.2, 0.25) is 0 Å². The molecule has 3 N–H and O–H groups in total. The minimum Gasteiger partial charge on any atom is -0.357 e. The summed E-state index contributed by atoms with van der Waals surface area (Å²) < 4.78 is 0. The quantitative estimate of drug-likeness (QED) is 0.844. The second-order valence-corrected chi connectivity index (χ2v) is 4.70. The highest BCUT2D eigenvalue weighted by Gasteiger charge is 2.10. The molecule has 86 valence electrons. The molecular formula is C13H17ClN2. The largest absolute Gasteiger partial charge is 0.357 e. The van der Waals surface area contributed by atoms with Crippen molar-refractivity contribution in [1.29, 1.82) is 0 Å². The molecule has 0 bridgehead atoms.